The molecule has 0 aromatic rings. The molecule has 4 heteroatoms. The van der Waals surface area contributed by atoms with Crippen LogP contribution in [0.2, 0.25) is 0 Å². The Hall–Kier alpha value is -0.280. The summed E-state index contributed by atoms with van der Waals surface area (Å²) in [6.45, 7) is 1.65. The van der Waals surface area contributed by atoms with E-state index in [2.05, 4.69) is 5.32 Å². The molecule has 0 aromatic carbocycles. The lowest BCUT2D eigenvalue weighted by molar-refractivity contribution is -0.127. The fourth-order valence-corrected chi connectivity index (χ4v) is 1.48. The highest BCUT2D eigenvalue weighted by Gasteiger charge is 2.23. The van der Waals surface area contributed by atoms with Crippen molar-refractivity contribution in [1.29, 1.82) is 0 Å². The summed E-state index contributed by atoms with van der Waals surface area (Å²) in [5.41, 5.74) is 0. The lowest BCUT2D eigenvalue weighted by atomic mass is 10.3. The number of halogens is 1. The smallest absolute Gasteiger partial charge is 0.237 e. The Morgan fingerprint density at radius 2 is 2.55 bits per heavy atom. The Morgan fingerprint density at radius 1 is 1.82 bits per heavy atom. The van der Waals surface area contributed by atoms with Crippen LogP contribution >= 0.6 is 11.6 Å². The Labute approximate surface area is 71.7 Å². The molecule has 3 nitrogen and oxygen atoms in total. The maximum atomic E-state index is 11.0. The molecule has 0 aromatic heterocycles. The van der Waals surface area contributed by atoms with Crippen molar-refractivity contribution < 1.29 is 4.79 Å². The van der Waals surface area contributed by atoms with Crippen LogP contribution in [0.15, 0.2) is 0 Å². The molecule has 1 N–H and O–H groups in total. The molecule has 1 aliphatic heterocycles. The summed E-state index contributed by atoms with van der Waals surface area (Å²) >= 11 is 5.41. The van der Waals surface area contributed by atoms with E-state index in [9.17, 15) is 4.79 Å². The first-order valence-corrected chi connectivity index (χ1v) is 4.32. The molecular formula is C7H13ClN2O. The van der Waals surface area contributed by atoms with E-state index in [0.29, 0.717) is 6.04 Å². The molecule has 0 aliphatic carbocycles. The minimum atomic E-state index is 0.0458. The fraction of sp³-hybridized carbons (Fsp3) is 0.857. The van der Waals surface area contributed by atoms with Crippen LogP contribution in [0.1, 0.15) is 6.42 Å². The summed E-state index contributed by atoms with van der Waals surface area (Å²) in [6, 6.07) is 0.460. The predicted molar refractivity (Wildman–Crippen MR) is 44.8 cm³/mol. The molecule has 1 amide bonds. The third-order valence-corrected chi connectivity index (χ3v) is 2.29. The summed E-state index contributed by atoms with van der Waals surface area (Å²) in [5.74, 6) is 0.153. The van der Waals surface area contributed by atoms with Crippen molar-refractivity contribution in [3.63, 3.8) is 0 Å². The molecular weight excluding hydrogens is 164 g/mol. The van der Waals surface area contributed by atoms with Gasteiger partial charge in [0.05, 0.1) is 0 Å². The van der Waals surface area contributed by atoms with Gasteiger partial charge in [0, 0.05) is 19.1 Å². The summed E-state index contributed by atoms with van der Waals surface area (Å²) in [6.07, 6.45) is 1.04. The van der Waals surface area contributed by atoms with Crippen LogP contribution in [-0.2, 0) is 4.79 Å². The normalized spacial score (nSPS) is 24.2. The van der Waals surface area contributed by atoms with Crippen molar-refractivity contribution in [2.75, 3.05) is 26.0 Å². The highest BCUT2D eigenvalue weighted by Crippen LogP contribution is 2.08. The molecule has 0 radical (unpaired) electrons. The predicted octanol–water partition coefficient (Wildman–Crippen LogP) is 0.0455. The van der Waals surface area contributed by atoms with Crippen molar-refractivity contribution in [1.82, 2.24) is 10.2 Å². The number of rotatable bonds is 2. The first kappa shape index (κ1) is 8.81. The van der Waals surface area contributed by atoms with E-state index in [1.807, 2.05) is 7.05 Å². The number of likely N-dealkylation sites (tertiary alicyclic amines) is 1. The lowest BCUT2D eigenvalue weighted by Gasteiger charge is -2.14. The second kappa shape index (κ2) is 3.93. The van der Waals surface area contributed by atoms with Gasteiger partial charge in [-0.05, 0) is 13.5 Å². The summed E-state index contributed by atoms with van der Waals surface area (Å²) < 4.78 is 0. The number of likely N-dealkylation sites (N-methyl/N-ethyl adjacent to an activating group) is 1. The van der Waals surface area contributed by atoms with Gasteiger partial charge in [-0.15, -0.1) is 11.6 Å². The molecule has 1 aliphatic rings. The standard InChI is InChI=1S/C7H13ClN2O/c1-9-6-2-3-10(5-6)7(11)4-8/h6,9H,2-5H2,1H3/t6-/m1/s1. The molecule has 11 heavy (non-hydrogen) atoms. The number of alkyl halides is 1. The van der Waals surface area contributed by atoms with E-state index in [0.717, 1.165) is 19.5 Å². The van der Waals surface area contributed by atoms with E-state index >= 15 is 0 Å². The average Bonchev–Trinajstić information content (AvgIpc) is 2.50. The van der Waals surface area contributed by atoms with Gasteiger partial charge in [-0.3, -0.25) is 4.79 Å². The van der Waals surface area contributed by atoms with Crippen LogP contribution in [0.5, 0.6) is 0 Å². The molecule has 0 spiro atoms. The Bertz CT molecular complexity index is 151. The van der Waals surface area contributed by atoms with Crippen molar-refractivity contribution in [2.45, 2.75) is 12.5 Å². The Kier molecular flexibility index (Phi) is 3.15. The van der Waals surface area contributed by atoms with Crippen LogP contribution in [0, 0.1) is 0 Å². The number of carbonyl (C=O) groups is 1. The first-order chi connectivity index (χ1) is 5.27. The fourth-order valence-electron chi connectivity index (χ4n) is 1.31. The van der Waals surface area contributed by atoms with Gasteiger partial charge in [0.2, 0.25) is 5.91 Å². The number of carbonyl (C=O) groups excluding carboxylic acids is 1. The van der Waals surface area contributed by atoms with E-state index in [4.69, 9.17) is 11.6 Å². The minimum absolute atomic E-state index is 0.0458. The summed E-state index contributed by atoms with van der Waals surface area (Å²) in [5, 5.41) is 3.14. The van der Waals surface area contributed by atoms with Crippen LogP contribution < -0.4 is 5.32 Å². The zero-order valence-electron chi connectivity index (χ0n) is 6.64. The zero-order chi connectivity index (χ0) is 8.27. The summed E-state index contributed by atoms with van der Waals surface area (Å²) in [4.78, 5) is 12.8. The molecule has 1 rings (SSSR count). The number of nitrogens with zero attached hydrogens (tertiary/aromatic N) is 1. The van der Waals surface area contributed by atoms with E-state index in [-0.39, 0.29) is 11.8 Å². The molecule has 0 unspecified atom stereocenters. The number of hydrogen-bond donors (Lipinski definition) is 1. The van der Waals surface area contributed by atoms with Gasteiger partial charge in [-0.25, -0.2) is 0 Å². The third-order valence-electron chi connectivity index (χ3n) is 2.06. The number of hydrogen-bond acceptors (Lipinski definition) is 2. The van der Waals surface area contributed by atoms with E-state index in [1.54, 1.807) is 4.90 Å². The van der Waals surface area contributed by atoms with Crippen molar-refractivity contribution >= 4 is 17.5 Å². The van der Waals surface area contributed by atoms with Gasteiger partial charge in [0.25, 0.3) is 0 Å². The van der Waals surface area contributed by atoms with Crippen LogP contribution in [-0.4, -0.2) is 42.9 Å². The molecule has 1 heterocycles. The maximum Gasteiger partial charge on any atom is 0.237 e. The van der Waals surface area contributed by atoms with Crippen LogP contribution in [0.25, 0.3) is 0 Å². The van der Waals surface area contributed by atoms with Gasteiger partial charge < -0.3 is 10.2 Å². The Balaban J connectivity index is 2.35. The largest absolute Gasteiger partial charge is 0.340 e. The lowest BCUT2D eigenvalue weighted by Crippen LogP contribution is -2.33. The monoisotopic (exact) mass is 176 g/mol. The minimum Gasteiger partial charge on any atom is -0.340 e. The second-order valence-corrected chi connectivity index (χ2v) is 3.01. The van der Waals surface area contributed by atoms with Gasteiger partial charge in [0.15, 0.2) is 0 Å². The Morgan fingerprint density at radius 3 is 3.00 bits per heavy atom. The quantitative estimate of drug-likeness (QED) is 0.603. The third kappa shape index (κ3) is 2.07. The van der Waals surface area contributed by atoms with E-state index in [1.165, 1.54) is 0 Å². The van der Waals surface area contributed by atoms with Crippen molar-refractivity contribution in [3.8, 4) is 0 Å². The highest BCUT2D eigenvalue weighted by atomic mass is 35.5. The molecule has 1 atom stereocenters. The molecule has 1 saturated heterocycles. The average molecular weight is 177 g/mol. The molecule has 0 bridgehead atoms. The molecule has 64 valence electrons. The van der Waals surface area contributed by atoms with E-state index < -0.39 is 0 Å². The van der Waals surface area contributed by atoms with Crippen molar-refractivity contribution in [3.05, 3.63) is 0 Å². The highest BCUT2D eigenvalue weighted by molar-refractivity contribution is 6.27. The maximum absolute atomic E-state index is 11.0. The van der Waals surface area contributed by atoms with Crippen LogP contribution in [0.4, 0.5) is 0 Å². The van der Waals surface area contributed by atoms with Gasteiger partial charge in [0.1, 0.15) is 5.88 Å². The SMILES string of the molecule is CN[C@@H]1CCN(C(=O)CCl)C1. The summed E-state index contributed by atoms with van der Waals surface area (Å²) in [7, 11) is 1.92. The van der Waals surface area contributed by atoms with Gasteiger partial charge in [-0.1, -0.05) is 0 Å². The molecule has 1 fully saturated rings. The number of amides is 1. The zero-order valence-corrected chi connectivity index (χ0v) is 7.40. The van der Waals surface area contributed by atoms with Gasteiger partial charge >= 0.3 is 0 Å². The van der Waals surface area contributed by atoms with Gasteiger partial charge in [-0.2, -0.15) is 0 Å². The van der Waals surface area contributed by atoms with Crippen LogP contribution in [0.3, 0.4) is 0 Å². The molecule has 0 saturated carbocycles. The second-order valence-electron chi connectivity index (χ2n) is 2.75. The first-order valence-electron chi connectivity index (χ1n) is 3.79. The number of nitrogens with one attached hydrogen (secondary N) is 1. The topological polar surface area (TPSA) is 32.3 Å². The van der Waals surface area contributed by atoms with Crippen molar-refractivity contribution in [2.24, 2.45) is 0 Å².